The number of rotatable bonds is 7. The van der Waals surface area contributed by atoms with Crippen molar-refractivity contribution in [1.29, 1.82) is 0 Å². The Morgan fingerprint density at radius 3 is 2.68 bits per heavy atom. The van der Waals surface area contributed by atoms with E-state index in [-0.39, 0.29) is 19.0 Å². The number of aliphatic hydroxyl groups is 1. The van der Waals surface area contributed by atoms with Gasteiger partial charge in [-0.15, -0.1) is 12.4 Å². The molecule has 1 aromatic rings. The summed E-state index contributed by atoms with van der Waals surface area (Å²) in [5, 5.41) is 17.6. The zero-order valence-electron chi connectivity index (χ0n) is 10.5. The monoisotopic (exact) mass is 291 g/mol. The highest BCUT2D eigenvalue weighted by Crippen LogP contribution is 2.31. The third-order valence-electron chi connectivity index (χ3n) is 2.34. The first-order valence-electron chi connectivity index (χ1n) is 5.45. The summed E-state index contributed by atoms with van der Waals surface area (Å²) in [5.74, 6) is -0.275. The fraction of sp³-hybridized carbons (Fsp3) is 0.417. The van der Waals surface area contributed by atoms with E-state index in [0.29, 0.717) is 23.5 Å². The molecule has 0 fully saturated rings. The Bertz CT molecular complexity index is 413. The van der Waals surface area contributed by atoms with Crippen molar-refractivity contribution in [3.63, 3.8) is 0 Å². The normalized spacial score (nSPS) is 11.3. The number of hydrogen-bond donors (Lipinski definition) is 3. The molecule has 1 aromatic carbocycles. The minimum absolute atomic E-state index is 0. The van der Waals surface area contributed by atoms with Gasteiger partial charge in [0, 0.05) is 6.04 Å². The molecule has 7 heteroatoms. The molecule has 0 amide bonds. The van der Waals surface area contributed by atoms with Gasteiger partial charge in [0.15, 0.2) is 18.1 Å². The summed E-state index contributed by atoms with van der Waals surface area (Å²) < 4.78 is 10.3. The molecule has 19 heavy (non-hydrogen) atoms. The molecule has 0 spiro atoms. The molecule has 1 rings (SSSR count). The Balaban J connectivity index is 0.00000324. The maximum Gasteiger partial charge on any atom is 0.341 e. The number of nitrogens with two attached hydrogens (primary N) is 1. The van der Waals surface area contributed by atoms with Crippen molar-refractivity contribution in [2.24, 2.45) is 5.73 Å². The lowest BCUT2D eigenvalue weighted by molar-refractivity contribution is -0.139. The molecule has 0 bridgehead atoms. The summed E-state index contributed by atoms with van der Waals surface area (Å²) in [6.07, 6.45) is 0.378. The van der Waals surface area contributed by atoms with Crippen LogP contribution in [0.1, 0.15) is 5.56 Å². The molecule has 1 atom stereocenters. The molecule has 0 radical (unpaired) electrons. The van der Waals surface area contributed by atoms with Crippen LogP contribution in [0.2, 0.25) is 0 Å². The molecule has 0 saturated carbocycles. The number of carbonyl (C=O) groups is 1. The number of benzene rings is 1. The smallest absolute Gasteiger partial charge is 0.341 e. The maximum atomic E-state index is 10.5. The van der Waals surface area contributed by atoms with Crippen LogP contribution in [0, 0.1) is 0 Å². The second-order valence-corrected chi connectivity index (χ2v) is 3.78. The lowest BCUT2D eigenvalue weighted by Gasteiger charge is -2.15. The molecule has 0 aromatic heterocycles. The fourth-order valence-electron chi connectivity index (χ4n) is 1.53. The van der Waals surface area contributed by atoms with E-state index >= 15 is 0 Å². The molecule has 6 nitrogen and oxygen atoms in total. The second kappa shape index (κ2) is 8.58. The highest BCUT2D eigenvalue weighted by Gasteiger charge is 2.14. The summed E-state index contributed by atoms with van der Waals surface area (Å²) >= 11 is 0. The van der Waals surface area contributed by atoms with Gasteiger partial charge in [-0.3, -0.25) is 0 Å². The number of aliphatic hydroxyl groups excluding tert-OH is 1. The van der Waals surface area contributed by atoms with Crippen LogP contribution in [0.25, 0.3) is 0 Å². The molecule has 1 unspecified atom stereocenters. The summed E-state index contributed by atoms with van der Waals surface area (Å²) in [5.41, 5.74) is 6.36. The van der Waals surface area contributed by atoms with Crippen LogP contribution >= 0.6 is 12.4 Å². The van der Waals surface area contributed by atoms with Crippen LogP contribution in [0.4, 0.5) is 0 Å². The number of methoxy groups -OCH3 is 1. The lowest BCUT2D eigenvalue weighted by Crippen LogP contribution is -2.27. The van der Waals surface area contributed by atoms with Gasteiger partial charge in [0.05, 0.1) is 13.7 Å². The first-order chi connectivity index (χ1) is 8.58. The van der Waals surface area contributed by atoms with Crippen molar-refractivity contribution >= 4 is 18.4 Å². The summed E-state index contributed by atoms with van der Waals surface area (Å²) in [4.78, 5) is 10.5. The van der Waals surface area contributed by atoms with E-state index in [1.54, 1.807) is 18.2 Å². The molecule has 0 aliphatic carbocycles. The number of para-hydroxylation sites is 1. The Morgan fingerprint density at radius 2 is 2.16 bits per heavy atom. The predicted octanol–water partition coefficient (Wildman–Crippen LogP) is 0.443. The third kappa shape index (κ3) is 5.34. The van der Waals surface area contributed by atoms with E-state index in [0.717, 1.165) is 0 Å². The average Bonchev–Trinajstić information content (AvgIpc) is 2.36. The van der Waals surface area contributed by atoms with Gasteiger partial charge in [-0.05, 0) is 18.1 Å². The SMILES string of the molecule is COc1cccc(CC(N)CO)c1OCC(=O)O.Cl. The van der Waals surface area contributed by atoms with Gasteiger partial charge >= 0.3 is 5.97 Å². The Hall–Kier alpha value is -1.50. The van der Waals surface area contributed by atoms with Crippen molar-refractivity contribution in [2.75, 3.05) is 20.3 Å². The first kappa shape index (κ1) is 17.5. The van der Waals surface area contributed by atoms with Crippen molar-refractivity contribution in [3.8, 4) is 11.5 Å². The van der Waals surface area contributed by atoms with E-state index in [1.807, 2.05) is 0 Å². The molecule has 0 aliphatic rings. The van der Waals surface area contributed by atoms with Crippen LogP contribution in [-0.4, -0.2) is 42.5 Å². The van der Waals surface area contributed by atoms with Crippen molar-refractivity contribution in [1.82, 2.24) is 0 Å². The topological polar surface area (TPSA) is 102 Å². The third-order valence-corrected chi connectivity index (χ3v) is 2.34. The summed E-state index contributed by atoms with van der Waals surface area (Å²) in [6.45, 7) is -0.614. The van der Waals surface area contributed by atoms with Gasteiger partial charge in [0.2, 0.25) is 0 Å². The first-order valence-corrected chi connectivity index (χ1v) is 5.45. The van der Waals surface area contributed by atoms with Crippen LogP contribution < -0.4 is 15.2 Å². The number of halogens is 1. The Morgan fingerprint density at radius 1 is 1.47 bits per heavy atom. The van der Waals surface area contributed by atoms with Gasteiger partial charge in [-0.2, -0.15) is 0 Å². The number of carboxylic acid groups (broad SMARTS) is 1. The van der Waals surface area contributed by atoms with E-state index in [4.69, 9.17) is 25.4 Å². The zero-order valence-corrected chi connectivity index (χ0v) is 11.4. The Labute approximate surface area is 117 Å². The van der Waals surface area contributed by atoms with Crippen LogP contribution in [-0.2, 0) is 11.2 Å². The van der Waals surface area contributed by atoms with E-state index < -0.39 is 18.6 Å². The zero-order chi connectivity index (χ0) is 13.5. The number of hydrogen-bond acceptors (Lipinski definition) is 5. The second-order valence-electron chi connectivity index (χ2n) is 3.78. The predicted molar refractivity (Wildman–Crippen MR) is 72.1 cm³/mol. The van der Waals surface area contributed by atoms with Gasteiger partial charge < -0.3 is 25.4 Å². The summed E-state index contributed by atoms with van der Waals surface area (Å²) in [7, 11) is 1.47. The molecular weight excluding hydrogens is 274 g/mol. The highest BCUT2D eigenvalue weighted by atomic mass is 35.5. The van der Waals surface area contributed by atoms with Gasteiger partial charge in [0.25, 0.3) is 0 Å². The molecular formula is C12H18ClNO5. The molecule has 0 saturated heterocycles. The fourth-order valence-corrected chi connectivity index (χ4v) is 1.53. The van der Waals surface area contributed by atoms with Crippen molar-refractivity contribution in [3.05, 3.63) is 23.8 Å². The molecule has 0 heterocycles. The summed E-state index contributed by atoms with van der Waals surface area (Å²) in [6, 6.07) is 4.76. The minimum atomic E-state index is -1.07. The molecule has 108 valence electrons. The lowest BCUT2D eigenvalue weighted by atomic mass is 10.1. The number of ether oxygens (including phenoxy) is 2. The molecule has 0 aliphatic heterocycles. The quantitative estimate of drug-likeness (QED) is 0.674. The number of aliphatic carboxylic acids is 1. The van der Waals surface area contributed by atoms with Crippen molar-refractivity contribution in [2.45, 2.75) is 12.5 Å². The standard InChI is InChI=1S/C12H17NO5.ClH/c1-17-10-4-2-3-8(5-9(13)6-14)12(10)18-7-11(15)16;/h2-4,9,14H,5-7,13H2,1H3,(H,15,16);1H. The van der Waals surface area contributed by atoms with E-state index in [2.05, 4.69) is 0 Å². The van der Waals surface area contributed by atoms with E-state index in [1.165, 1.54) is 7.11 Å². The maximum absolute atomic E-state index is 10.5. The van der Waals surface area contributed by atoms with E-state index in [9.17, 15) is 4.79 Å². The van der Waals surface area contributed by atoms with Crippen LogP contribution in [0.15, 0.2) is 18.2 Å². The van der Waals surface area contributed by atoms with Gasteiger partial charge in [-0.1, -0.05) is 12.1 Å². The average molecular weight is 292 g/mol. The van der Waals surface area contributed by atoms with Crippen molar-refractivity contribution < 1.29 is 24.5 Å². The van der Waals surface area contributed by atoms with Crippen LogP contribution in [0.3, 0.4) is 0 Å². The van der Waals surface area contributed by atoms with Gasteiger partial charge in [0.1, 0.15) is 0 Å². The molecule has 4 N–H and O–H groups in total. The number of carboxylic acids is 1. The van der Waals surface area contributed by atoms with Gasteiger partial charge in [-0.25, -0.2) is 4.79 Å². The highest BCUT2D eigenvalue weighted by molar-refractivity contribution is 5.85. The minimum Gasteiger partial charge on any atom is -0.493 e. The Kier molecular flexibility index (Phi) is 7.90. The largest absolute Gasteiger partial charge is 0.493 e. The van der Waals surface area contributed by atoms with Crippen LogP contribution in [0.5, 0.6) is 11.5 Å².